The summed E-state index contributed by atoms with van der Waals surface area (Å²) >= 11 is 5.82. The Bertz CT molecular complexity index is 408. The number of rotatable bonds is 5. The number of para-hydroxylation sites is 1. The molecule has 1 aromatic rings. The molecular weight excluding hydrogens is 246 g/mol. The van der Waals surface area contributed by atoms with Crippen molar-refractivity contribution in [2.24, 2.45) is 0 Å². The molecule has 0 aliphatic rings. The Kier molecular flexibility index (Phi) is 5.29. The molecule has 1 rings (SSSR count). The highest BCUT2D eigenvalue weighted by Crippen LogP contribution is 2.22. The van der Waals surface area contributed by atoms with Gasteiger partial charge in [0.25, 0.3) is 5.91 Å². The molecule has 0 aliphatic carbocycles. The summed E-state index contributed by atoms with van der Waals surface area (Å²) in [6.45, 7) is -0.609. The van der Waals surface area contributed by atoms with Crippen LogP contribution in [0, 0.1) is 0 Å². The van der Waals surface area contributed by atoms with Crippen molar-refractivity contribution in [3.05, 3.63) is 29.3 Å². The van der Waals surface area contributed by atoms with Crippen molar-refractivity contribution in [2.75, 3.05) is 20.3 Å². The van der Waals surface area contributed by atoms with Crippen molar-refractivity contribution in [1.82, 2.24) is 5.32 Å². The molecule has 0 unspecified atom stereocenters. The van der Waals surface area contributed by atoms with Gasteiger partial charge in [0.2, 0.25) is 0 Å². The monoisotopic (exact) mass is 257 g/mol. The molecule has 0 atom stereocenters. The van der Waals surface area contributed by atoms with Gasteiger partial charge in [-0.3, -0.25) is 4.79 Å². The van der Waals surface area contributed by atoms with Crippen LogP contribution in [0.5, 0.6) is 5.75 Å². The van der Waals surface area contributed by atoms with Gasteiger partial charge in [0, 0.05) is 7.05 Å². The van der Waals surface area contributed by atoms with Crippen molar-refractivity contribution in [2.45, 2.75) is 0 Å². The summed E-state index contributed by atoms with van der Waals surface area (Å²) in [5.41, 5.74) is 0. The fraction of sp³-hybridized carbons (Fsp3) is 0.273. The van der Waals surface area contributed by atoms with Gasteiger partial charge in [-0.1, -0.05) is 23.7 Å². The Hall–Kier alpha value is -1.75. The molecule has 0 saturated heterocycles. The highest BCUT2D eigenvalue weighted by atomic mass is 35.5. The highest BCUT2D eigenvalue weighted by Gasteiger charge is 2.08. The van der Waals surface area contributed by atoms with E-state index in [4.69, 9.17) is 16.3 Å². The summed E-state index contributed by atoms with van der Waals surface area (Å²) in [4.78, 5) is 22.0. The van der Waals surface area contributed by atoms with Gasteiger partial charge >= 0.3 is 5.97 Å². The number of ether oxygens (including phenoxy) is 2. The van der Waals surface area contributed by atoms with Crippen LogP contribution >= 0.6 is 11.6 Å². The lowest BCUT2D eigenvalue weighted by atomic mass is 10.3. The lowest BCUT2D eigenvalue weighted by Crippen LogP contribution is -2.26. The van der Waals surface area contributed by atoms with E-state index in [-0.39, 0.29) is 19.1 Å². The SMILES string of the molecule is CNC(=O)COC(=O)COc1ccccc1Cl. The Labute approximate surface area is 104 Å². The summed E-state index contributed by atoms with van der Waals surface area (Å²) in [7, 11) is 1.45. The number of nitrogens with one attached hydrogen (secondary N) is 1. The molecule has 92 valence electrons. The number of hydrogen-bond donors (Lipinski definition) is 1. The van der Waals surface area contributed by atoms with Crippen LogP contribution in [-0.2, 0) is 14.3 Å². The predicted octanol–water partition coefficient (Wildman–Crippen LogP) is 1.01. The minimum atomic E-state index is -0.631. The van der Waals surface area contributed by atoms with Crippen LogP contribution in [0.2, 0.25) is 5.02 Å². The summed E-state index contributed by atoms with van der Waals surface area (Å²) in [5, 5.41) is 2.73. The third kappa shape index (κ3) is 4.74. The largest absolute Gasteiger partial charge is 0.480 e. The number of carbonyl (C=O) groups excluding carboxylic acids is 2. The van der Waals surface area contributed by atoms with E-state index >= 15 is 0 Å². The van der Waals surface area contributed by atoms with Crippen LogP contribution in [-0.4, -0.2) is 32.1 Å². The first-order valence-corrected chi connectivity index (χ1v) is 5.25. The van der Waals surface area contributed by atoms with Crippen molar-refractivity contribution in [3.63, 3.8) is 0 Å². The van der Waals surface area contributed by atoms with E-state index in [0.717, 1.165) is 0 Å². The molecule has 5 nitrogen and oxygen atoms in total. The van der Waals surface area contributed by atoms with E-state index in [1.165, 1.54) is 7.05 Å². The topological polar surface area (TPSA) is 64.6 Å². The second-order valence-corrected chi connectivity index (χ2v) is 3.46. The van der Waals surface area contributed by atoms with Crippen molar-refractivity contribution in [1.29, 1.82) is 0 Å². The Balaban J connectivity index is 2.34. The zero-order valence-electron chi connectivity index (χ0n) is 9.23. The fourth-order valence-electron chi connectivity index (χ4n) is 0.958. The smallest absolute Gasteiger partial charge is 0.344 e. The molecule has 1 N–H and O–H groups in total. The highest BCUT2D eigenvalue weighted by molar-refractivity contribution is 6.32. The molecule has 0 radical (unpaired) electrons. The first kappa shape index (κ1) is 13.3. The molecule has 1 amide bonds. The zero-order chi connectivity index (χ0) is 12.7. The van der Waals surface area contributed by atoms with Crippen LogP contribution in [0.4, 0.5) is 0 Å². The maximum Gasteiger partial charge on any atom is 0.344 e. The van der Waals surface area contributed by atoms with Crippen molar-refractivity contribution in [3.8, 4) is 5.75 Å². The zero-order valence-corrected chi connectivity index (χ0v) is 9.99. The average molecular weight is 258 g/mol. The van der Waals surface area contributed by atoms with Gasteiger partial charge in [0.1, 0.15) is 5.75 Å². The van der Waals surface area contributed by atoms with Crippen molar-refractivity contribution < 1.29 is 19.1 Å². The predicted molar refractivity (Wildman–Crippen MR) is 62.0 cm³/mol. The molecule has 0 saturated carbocycles. The van der Waals surface area contributed by atoms with E-state index in [1.807, 2.05) is 0 Å². The van der Waals surface area contributed by atoms with Gasteiger partial charge in [-0.25, -0.2) is 4.79 Å². The molecule has 0 spiro atoms. The van der Waals surface area contributed by atoms with E-state index in [2.05, 4.69) is 10.1 Å². The molecule has 0 aromatic heterocycles. The van der Waals surface area contributed by atoms with Gasteiger partial charge in [-0.2, -0.15) is 0 Å². The number of hydrogen-bond acceptors (Lipinski definition) is 4. The third-order valence-electron chi connectivity index (χ3n) is 1.83. The standard InChI is InChI=1S/C11H12ClNO4/c1-13-10(14)6-17-11(15)7-16-9-5-3-2-4-8(9)12/h2-5H,6-7H2,1H3,(H,13,14). The Morgan fingerprint density at radius 2 is 2.00 bits per heavy atom. The molecule has 0 aliphatic heterocycles. The minimum absolute atomic E-state index is 0.291. The van der Waals surface area contributed by atoms with Crippen molar-refractivity contribution >= 4 is 23.5 Å². The number of halogens is 1. The van der Waals surface area contributed by atoms with Gasteiger partial charge in [0.15, 0.2) is 13.2 Å². The lowest BCUT2D eigenvalue weighted by Gasteiger charge is -2.07. The number of amides is 1. The minimum Gasteiger partial charge on any atom is -0.480 e. The molecule has 0 bridgehead atoms. The van der Waals surface area contributed by atoms with Gasteiger partial charge < -0.3 is 14.8 Å². The third-order valence-corrected chi connectivity index (χ3v) is 2.14. The molecule has 6 heteroatoms. The van der Waals surface area contributed by atoms with E-state index in [9.17, 15) is 9.59 Å². The van der Waals surface area contributed by atoms with E-state index < -0.39 is 5.97 Å². The quantitative estimate of drug-likeness (QED) is 0.800. The van der Waals surface area contributed by atoms with Gasteiger partial charge in [-0.15, -0.1) is 0 Å². The van der Waals surface area contributed by atoms with E-state index in [1.54, 1.807) is 24.3 Å². The van der Waals surface area contributed by atoms with Crippen LogP contribution in [0.15, 0.2) is 24.3 Å². The maximum atomic E-state index is 11.2. The summed E-state index contributed by atoms with van der Waals surface area (Å²) < 4.78 is 9.76. The second kappa shape index (κ2) is 6.75. The van der Waals surface area contributed by atoms with Crippen LogP contribution in [0.25, 0.3) is 0 Å². The van der Waals surface area contributed by atoms with Crippen LogP contribution < -0.4 is 10.1 Å². The molecule has 0 fully saturated rings. The second-order valence-electron chi connectivity index (χ2n) is 3.05. The lowest BCUT2D eigenvalue weighted by molar-refractivity contribution is -0.150. The normalized spacial score (nSPS) is 9.53. The van der Waals surface area contributed by atoms with Gasteiger partial charge in [0.05, 0.1) is 5.02 Å². The molecular formula is C11H12ClNO4. The first-order valence-electron chi connectivity index (χ1n) is 4.87. The average Bonchev–Trinajstić information content (AvgIpc) is 2.35. The summed E-state index contributed by atoms with van der Waals surface area (Å²) in [6, 6.07) is 6.76. The number of benzene rings is 1. The van der Waals surface area contributed by atoms with Gasteiger partial charge in [-0.05, 0) is 12.1 Å². The maximum absolute atomic E-state index is 11.2. The number of carbonyl (C=O) groups is 2. The molecule has 0 heterocycles. The first-order chi connectivity index (χ1) is 8.13. The fourth-order valence-corrected chi connectivity index (χ4v) is 1.15. The van der Waals surface area contributed by atoms with E-state index in [0.29, 0.717) is 10.8 Å². The number of likely N-dealkylation sites (N-methyl/N-ethyl adjacent to an activating group) is 1. The number of esters is 1. The van der Waals surface area contributed by atoms with Crippen LogP contribution in [0.3, 0.4) is 0 Å². The summed E-state index contributed by atoms with van der Waals surface area (Å²) in [5.74, 6) is -0.615. The Morgan fingerprint density at radius 3 is 2.65 bits per heavy atom. The Morgan fingerprint density at radius 1 is 1.29 bits per heavy atom. The summed E-state index contributed by atoms with van der Waals surface area (Å²) in [6.07, 6.45) is 0. The molecule has 1 aromatic carbocycles. The van der Waals surface area contributed by atoms with Crippen LogP contribution in [0.1, 0.15) is 0 Å². The molecule has 17 heavy (non-hydrogen) atoms.